The average molecular weight is 251 g/mol. The summed E-state index contributed by atoms with van der Waals surface area (Å²) in [4.78, 5) is 5.64. The van der Waals surface area contributed by atoms with Crippen LogP contribution >= 0.6 is 0 Å². The van der Waals surface area contributed by atoms with Crippen LogP contribution in [0.15, 0.2) is 18.3 Å². The average Bonchev–Trinajstić information content (AvgIpc) is 2.82. The van der Waals surface area contributed by atoms with Crippen molar-refractivity contribution in [3.8, 4) is 0 Å². The van der Waals surface area contributed by atoms with Crippen LogP contribution in [0, 0.1) is 0 Å². The first kappa shape index (κ1) is 13.6. The molecule has 2 rings (SSSR count). The van der Waals surface area contributed by atoms with E-state index in [0.717, 1.165) is 32.2 Å². The van der Waals surface area contributed by atoms with Gasteiger partial charge in [0.05, 0.1) is 5.60 Å². The van der Waals surface area contributed by atoms with E-state index in [1.807, 2.05) is 19.3 Å². The summed E-state index contributed by atoms with van der Waals surface area (Å²) in [6.07, 6.45) is 5.92. The van der Waals surface area contributed by atoms with Crippen molar-refractivity contribution in [3.05, 3.63) is 24.0 Å². The van der Waals surface area contributed by atoms with Gasteiger partial charge < -0.3 is 15.4 Å². The predicted octanol–water partition coefficient (Wildman–Crippen LogP) is 1.34. The number of nitrogens with one attached hydrogen (secondary N) is 2. The van der Waals surface area contributed by atoms with Crippen molar-refractivity contribution in [2.45, 2.75) is 43.9 Å². The monoisotopic (exact) mass is 251 g/mol. The number of hydrogen-bond donors (Lipinski definition) is 3. The lowest BCUT2D eigenvalue weighted by Gasteiger charge is -2.39. The highest BCUT2D eigenvalue weighted by Gasteiger charge is 2.33. The second-order valence-electron chi connectivity index (χ2n) is 5.60. The third-order valence-corrected chi connectivity index (χ3v) is 4.10. The van der Waals surface area contributed by atoms with Crippen LogP contribution in [0.25, 0.3) is 0 Å². The largest absolute Gasteiger partial charge is 0.389 e. The first-order valence-electron chi connectivity index (χ1n) is 6.82. The van der Waals surface area contributed by atoms with Gasteiger partial charge >= 0.3 is 0 Å². The zero-order chi connectivity index (χ0) is 13.0. The van der Waals surface area contributed by atoms with Crippen molar-refractivity contribution in [3.63, 3.8) is 0 Å². The molecule has 102 valence electrons. The van der Waals surface area contributed by atoms with E-state index in [1.54, 1.807) is 0 Å². The Kier molecular flexibility index (Phi) is 4.43. The number of rotatable bonds is 5. The Morgan fingerprint density at radius 3 is 2.78 bits per heavy atom. The van der Waals surface area contributed by atoms with Gasteiger partial charge in [-0.3, -0.25) is 4.90 Å². The normalized spacial score (nSPS) is 28.8. The van der Waals surface area contributed by atoms with Crippen LogP contribution in [0.1, 0.15) is 31.4 Å². The fourth-order valence-electron chi connectivity index (χ4n) is 2.95. The van der Waals surface area contributed by atoms with Crippen molar-refractivity contribution in [2.24, 2.45) is 0 Å². The van der Waals surface area contributed by atoms with E-state index in [2.05, 4.69) is 28.3 Å². The molecule has 4 nitrogen and oxygen atoms in total. The highest BCUT2D eigenvalue weighted by Crippen LogP contribution is 2.30. The van der Waals surface area contributed by atoms with E-state index in [0.29, 0.717) is 12.6 Å². The van der Waals surface area contributed by atoms with E-state index in [4.69, 9.17) is 0 Å². The van der Waals surface area contributed by atoms with E-state index in [1.165, 1.54) is 5.69 Å². The van der Waals surface area contributed by atoms with Crippen LogP contribution in [-0.2, 0) is 6.54 Å². The van der Waals surface area contributed by atoms with Gasteiger partial charge in [-0.15, -0.1) is 0 Å². The van der Waals surface area contributed by atoms with Gasteiger partial charge in [-0.25, -0.2) is 0 Å². The fraction of sp³-hybridized carbons (Fsp3) is 0.714. The topological polar surface area (TPSA) is 51.3 Å². The third kappa shape index (κ3) is 3.34. The molecule has 0 amide bonds. The minimum absolute atomic E-state index is 0.488. The van der Waals surface area contributed by atoms with Crippen LogP contribution < -0.4 is 5.32 Å². The molecule has 0 unspecified atom stereocenters. The van der Waals surface area contributed by atoms with Crippen molar-refractivity contribution in [1.29, 1.82) is 0 Å². The zero-order valence-corrected chi connectivity index (χ0v) is 11.4. The van der Waals surface area contributed by atoms with Gasteiger partial charge in [0, 0.05) is 31.0 Å². The number of hydrogen-bond acceptors (Lipinski definition) is 3. The summed E-state index contributed by atoms with van der Waals surface area (Å²) in [6.45, 7) is 1.67. The van der Waals surface area contributed by atoms with Crippen molar-refractivity contribution < 1.29 is 5.11 Å². The Labute approximate surface area is 109 Å². The summed E-state index contributed by atoms with van der Waals surface area (Å²) in [5, 5.41) is 13.4. The highest BCUT2D eigenvalue weighted by molar-refractivity contribution is 5.03. The second-order valence-corrected chi connectivity index (χ2v) is 5.60. The SMILES string of the molecule is CNCC1(O)CCC(N(C)Cc2ccc[nH]2)CC1. The molecule has 0 aliphatic heterocycles. The molecular formula is C14H25N3O. The Hall–Kier alpha value is -0.840. The number of likely N-dealkylation sites (N-methyl/N-ethyl adjacent to an activating group) is 1. The van der Waals surface area contributed by atoms with Crippen molar-refractivity contribution in [2.75, 3.05) is 20.6 Å². The predicted molar refractivity (Wildman–Crippen MR) is 73.4 cm³/mol. The molecule has 1 saturated carbocycles. The van der Waals surface area contributed by atoms with Gasteiger partial charge in [0.15, 0.2) is 0 Å². The molecule has 1 aliphatic rings. The number of aliphatic hydroxyl groups is 1. The molecule has 1 aliphatic carbocycles. The molecule has 1 heterocycles. The molecule has 0 radical (unpaired) electrons. The summed E-state index contributed by atoms with van der Waals surface area (Å²) in [5.41, 5.74) is 0.770. The molecule has 0 aromatic carbocycles. The molecule has 1 aromatic heterocycles. The van der Waals surface area contributed by atoms with Crippen LogP contribution in [0.5, 0.6) is 0 Å². The van der Waals surface area contributed by atoms with Gasteiger partial charge in [0.25, 0.3) is 0 Å². The molecule has 0 spiro atoms. The van der Waals surface area contributed by atoms with Crippen LogP contribution in [0.4, 0.5) is 0 Å². The van der Waals surface area contributed by atoms with Crippen molar-refractivity contribution >= 4 is 0 Å². The number of aromatic nitrogens is 1. The van der Waals surface area contributed by atoms with E-state index in [-0.39, 0.29) is 0 Å². The lowest BCUT2D eigenvalue weighted by molar-refractivity contribution is -0.0156. The molecule has 4 heteroatoms. The Balaban J connectivity index is 1.82. The molecule has 0 atom stereocenters. The molecule has 1 fully saturated rings. The molecular weight excluding hydrogens is 226 g/mol. The zero-order valence-electron chi connectivity index (χ0n) is 11.4. The first-order chi connectivity index (χ1) is 8.63. The summed E-state index contributed by atoms with van der Waals surface area (Å²) >= 11 is 0. The molecule has 18 heavy (non-hydrogen) atoms. The summed E-state index contributed by atoms with van der Waals surface area (Å²) in [7, 11) is 4.08. The van der Waals surface area contributed by atoms with Crippen molar-refractivity contribution in [1.82, 2.24) is 15.2 Å². The third-order valence-electron chi connectivity index (χ3n) is 4.10. The maximum absolute atomic E-state index is 10.3. The lowest BCUT2D eigenvalue weighted by atomic mass is 9.81. The van der Waals surface area contributed by atoms with Crippen LogP contribution in [0.2, 0.25) is 0 Å². The maximum atomic E-state index is 10.3. The number of nitrogens with zero attached hydrogens (tertiary/aromatic N) is 1. The van der Waals surface area contributed by atoms with E-state index < -0.39 is 5.60 Å². The minimum atomic E-state index is -0.488. The molecule has 3 N–H and O–H groups in total. The van der Waals surface area contributed by atoms with Gasteiger partial charge in [-0.2, -0.15) is 0 Å². The summed E-state index contributed by atoms with van der Waals surface area (Å²) in [5.74, 6) is 0. The van der Waals surface area contributed by atoms with Gasteiger partial charge in [0.2, 0.25) is 0 Å². The second kappa shape index (κ2) is 5.87. The standard InChI is InChI=1S/C14H25N3O/c1-15-11-14(18)7-5-13(6-8-14)17(2)10-12-4-3-9-16-12/h3-4,9,13,15-16,18H,5-8,10-11H2,1-2H3. The van der Waals surface area contributed by atoms with Crippen LogP contribution in [0.3, 0.4) is 0 Å². The number of aromatic amines is 1. The molecule has 0 bridgehead atoms. The Morgan fingerprint density at radius 1 is 1.50 bits per heavy atom. The van der Waals surface area contributed by atoms with E-state index >= 15 is 0 Å². The minimum Gasteiger partial charge on any atom is -0.389 e. The molecule has 1 aromatic rings. The van der Waals surface area contributed by atoms with Gasteiger partial charge in [-0.1, -0.05) is 0 Å². The van der Waals surface area contributed by atoms with Gasteiger partial charge in [0.1, 0.15) is 0 Å². The highest BCUT2D eigenvalue weighted by atomic mass is 16.3. The maximum Gasteiger partial charge on any atom is 0.0772 e. The number of H-pyrrole nitrogens is 1. The quantitative estimate of drug-likeness (QED) is 0.740. The Morgan fingerprint density at radius 2 is 2.22 bits per heavy atom. The summed E-state index contributed by atoms with van der Waals surface area (Å²) < 4.78 is 0. The Bertz CT molecular complexity index is 342. The van der Waals surface area contributed by atoms with E-state index in [9.17, 15) is 5.11 Å². The smallest absolute Gasteiger partial charge is 0.0772 e. The molecule has 0 saturated heterocycles. The fourth-order valence-corrected chi connectivity index (χ4v) is 2.95. The first-order valence-corrected chi connectivity index (χ1v) is 6.82. The van der Waals surface area contributed by atoms with Crippen LogP contribution in [-0.4, -0.2) is 47.3 Å². The lowest BCUT2D eigenvalue weighted by Crippen LogP contribution is -2.46. The summed E-state index contributed by atoms with van der Waals surface area (Å²) in [6, 6.07) is 4.75. The van der Waals surface area contributed by atoms with Gasteiger partial charge in [-0.05, 0) is 51.9 Å².